The molecular formula is C20H12F4N4O. The van der Waals surface area contributed by atoms with Gasteiger partial charge < -0.3 is 5.32 Å². The minimum absolute atomic E-state index is 0.156. The Balaban J connectivity index is 1.67. The molecule has 1 N–H and O–H groups in total. The van der Waals surface area contributed by atoms with Crippen molar-refractivity contribution in [3.05, 3.63) is 83.9 Å². The van der Waals surface area contributed by atoms with Crippen LogP contribution in [0.15, 0.2) is 67.0 Å². The van der Waals surface area contributed by atoms with Crippen LogP contribution in [0.3, 0.4) is 0 Å². The summed E-state index contributed by atoms with van der Waals surface area (Å²) in [5.74, 6) is -1.29. The molecule has 0 aliphatic heterocycles. The Morgan fingerprint density at radius 2 is 1.83 bits per heavy atom. The standard InChI is InChI=1S/C20H12F4N4O/c21-16-5-4-14(11-15(16)17-6-8-25-18-7-9-26-28(17)18)27-19(29)12-2-1-3-13(10-12)20(22,23)24/h1-11H,(H,27,29). The lowest BCUT2D eigenvalue weighted by Gasteiger charge is -2.11. The average molecular weight is 400 g/mol. The number of rotatable bonds is 3. The molecule has 4 aromatic rings. The van der Waals surface area contributed by atoms with E-state index in [4.69, 9.17) is 0 Å². The first-order valence-corrected chi connectivity index (χ1v) is 8.40. The fourth-order valence-corrected chi connectivity index (χ4v) is 2.88. The number of hydrogen-bond acceptors (Lipinski definition) is 3. The van der Waals surface area contributed by atoms with Gasteiger partial charge in [0.15, 0.2) is 5.65 Å². The van der Waals surface area contributed by atoms with E-state index in [1.807, 2.05) is 0 Å². The van der Waals surface area contributed by atoms with Crippen LogP contribution in [-0.4, -0.2) is 20.5 Å². The monoisotopic (exact) mass is 400 g/mol. The van der Waals surface area contributed by atoms with E-state index in [2.05, 4.69) is 15.4 Å². The van der Waals surface area contributed by atoms with E-state index < -0.39 is 23.5 Å². The van der Waals surface area contributed by atoms with E-state index >= 15 is 0 Å². The lowest BCUT2D eigenvalue weighted by atomic mass is 10.1. The Labute approximate surface area is 161 Å². The molecule has 5 nitrogen and oxygen atoms in total. The second-order valence-electron chi connectivity index (χ2n) is 6.16. The third kappa shape index (κ3) is 3.66. The van der Waals surface area contributed by atoms with Gasteiger partial charge in [0.05, 0.1) is 17.5 Å². The minimum atomic E-state index is -4.56. The number of fused-ring (bicyclic) bond motifs is 1. The molecule has 4 rings (SSSR count). The zero-order valence-corrected chi connectivity index (χ0v) is 14.6. The van der Waals surface area contributed by atoms with E-state index in [0.29, 0.717) is 11.3 Å². The van der Waals surface area contributed by atoms with Gasteiger partial charge in [0.1, 0.15) is 5.82 Å². The number of halogens is 4. The summed E-state index contributed by atoms with van der Waals surface area (Å²) in [6.45, 7) is 0. The molecule has 0 unspecified atom stereocenters. The first-order chi connectivity index (χ1) is 13.8. The molecule has 0 atom stereocenters. The van der Waals surface area contributed by atoms with Crippen molar-refractivity contribution >= 4 is 17.2 Å². The van der Waals surface area contributed by atoms with Crippen molar-refractivity contribution in [3.8, 4) is 11.3 Å². The summed E-state index contributed by atoms with van der Waals surface area (Å²) < 4.78 is 54.4. The van der Waals surface area contributed by atoms with Crippen LogP contribution in [0, 0.1) is 5.82 Å². The predicted octanol–water partition coefficient (Wildman–Crippen LogP) is 4.81. The Bertz CT molecular complexity index is 1220. The van der Waals surface area contributed by atoms with Crippen LogP contribution in [-0.2, 0) is 6.18 Å². The minimum Gasteiger partial charge on any atom is -0.322 e. The molecule has 0 saturated heterocycles. The molecule has 0 aliphatic rings. The highest BCUT2D eigenvalue weighted by Gasteiger charge is 2.30. The second kappa shape index (κ2) is 7.01. The number of hydrogen-bond donors (Lipinski definition) is 1. The normalized spacial score (nSPS) is 11.6. The van der Waals surface area contributed by atoms with Crippen molar-refractivity contribution in [1.82, 2.24) is 14.6 Å². The van der Waals surface area contributed by atoms with Gasteiger partial charge in [-0.15, -0.1) is 0 Å². The molecular weight excluding hydrogens is 388 g/mol. The maximum absolute atomic E-state index is 14.4. The third-order valence-corrected chi connectivity index (χ3v) is 4.24. The van der Waals surface area contributed by atoms with E-state index in [1.54, 1.807) is 12.1 Å². The van der Waals surface area contributed by atoms with Crippen molar-refractivity contribution in [2.24, 2.45) is 0 Å². The van der Waals surface area contributed by atoms with Crippen molar-refractivity contribution in [2.45, 2.75) is 6.18 Å². The van der Waals surface area contributed by atoms with Crippen LogP contribution >= 0.6 is 0 Å². The number of carbonyl (C=O) groups is 1. The number of nitrogens with one attached hydrogen (secondary N) is 1. The van der Waals surface area contributed by atoms with Gasteiger partial charge in [-0.25, -0.2) is 13.9 Å². The highest BCUT2D eigenvalue weighted by atomic mass is 19.4. The van der Waals surface area contributed by atoms with Crippen LogP contribution in [0.25, 0.3) is 16.9 Å². The molecule has 0 bridgehead atoms. The summed E-state index contributed by atoms with van der Waals surface area (Å²) in [6.07, 6.45) is -1.54. The summed E-state index contributed by atoms with van der Waals surface area (Å²) >= 11 is 0. The molecule has 9 heteroatoms. The highest BCUT2D eigenvalue weighted by Crippen LogP contribution is 2.30. The summed E-state index contributed by atoms with van der Waals surface area (Å²) in [6, 6.07) is 11.2. The summed E-state index contributed by atoms with van der Waals surface area (Å²) in [4.78, 5) is 16.5. The molecule has 146 valence electrons. The van der Waals surface area contributed by atoms with Crippen LogP contribution in [0.1, 0.15) is 15.9 Å². The highest BCUT2D eigenvalue weighted by molar-refractivity contribution is 6.04. The summed E-state index contributed by atoms with van der Waals surface area (Å²) in [7, 11) is 0. The molecule has 2 heterocycles. The summed E-state index contributed by atoms with van der Waals surface area (Å²) in [5, 5.41) is 6.60. The molecule has 0 fully saturated rings. The Hall–Kier alpha value is -3.75. The molecule has 2 aromatic carbocycles. The van der Waals surface area contributed by atoms with Gasteiger partial charge in [-0.1, -0.05) is 6.07 Å². The van der Waals surface area contributed by atoms with Crippen LogP contribution in [0.2, 0.25) is 0 Å². The van der Waals surface area contributed by atoms with Crippen molar-refractivity contribution in [2.75, 3.05) is 5.32 Å². The lowest BCUT2D eigenvalue weighted by Crippen LogP contribution is -2.14. The summed E-state index contributed by atoms with van der Waals surface area (Å²) in [5.41, 5.74) is 0.212. The molecule has 0 saturated carbocycles. The Morgan fingerprint density at radius 3 is 2.62 bits per heavy atom. The number of carbonyl (C=O) groups excluding carboxylic acids is 1. The number of alkyl halides is 3. The molecule has 1 amide bonds. The third-order valence-electron chi connectivity index (χ3n) is 4.24. The van der Waals surface area contributed by atoms with E-state index in [9.17, 15) is 22.4 Å². The number of anilines is 1. The van der Waals surface area contributed by atoms with Crippen LogP contribution < -0.4 is 5.32 Å². The van der Waals surface area contributed by atoms with Crippen molar-refractivity contribution in [3.63, 3.8) is 0 Å². The van der Waals surface area contributed by atoms with E-state index in [-0.39, 0.29) is 16.8 Å². The van der Waals surface area contributed by atoms with Gasteiger partial charge in [-0.2, -0.15) is 18.3 Å². The zero-order chi connectivity index (χ0) is 20.6. The largest absolute Gasteiger partial charge is 0.416 e. The first kappa shape index (κ1) is 18.6. The molecule has 0 aliphatic carbocycles. The number of aromatic nitrogens is 3. The fourth-order valence-electron chi connectivity index (χ4n) is 2.88. The number of amides is 1. The van der Waals surface area contributed by atoms with Crippen molar-refractivity contribution < 1.29 is 22.4 Å². The SMILES string of the molecule is O=C(Nc1ccc(F)c(-c2ccnc3ccnn23)c1)c1cccc(C(F)(F)F)c1. The van der Waals surface area contributed by atoms with Gasteiger partial charge in [0, 0.05) is 29.1 Å². The van der Waals surface area contributed by atoms with Gasteiger partial charge in [-0.3, -0.25) is 4.79 Å². The maximum atomic E-state index is 14.4. The molecule has 0 spiro atoms. The van der Waals surface area contributed by atoms with Gasteiger partial charge in [0.2, 0.25) is 0 Å². The predicted molar refractivity (Wildman–Crippen MR) is 97.8 cm³/mol. The van der Waals surface area contributed by atoms with Gasteiger partial charge in [0.25, 0.3) is 5.91 Å². The zero-order valence-electron chi connectivity index (χ0n) is 14.6. The Kier molecular flexibility index (Phi) is 4.50. The number of nitrogens with zero attached hydrogens (tertiary/aromatic N) is 3. The van der Waals surface area contributed by atoms with Gasteiger partial charge >= 0.3 is 6.18 Å². The molecule has 29 heavy (non-hydrogen) atoms. The van der Waals surface area contributed by atoms with E-state index in [0.717, 1.165) is 24.3 Å². The topological polar surface area (TPSA) is 59.3 Å². The lowest BCUT2D eigenvalue weighted by molar-refractivity contribution is -0.137. The maximum Gasteiger partial charge on any atom is 0.416 e. The molecule has 2 aromatic heterocycles. The fraction of sp³-hybridized carbons (Fsp3) is 0.0500. The van der Waals surface area contributed by atoms with E-state index in [1.165, 1.54) is 35.1 Å². The quantitative estimate of drug-likeness (QED) is 0.503. The molecule has 0 radical (unpaired) electrons. The van der Waals surface area contributed by atoms with Crippen LogP contribution in [0.4, 0.5) is 23.2 Å². The smallest absolute Gasteiger partial charge is 0.322 e. The Morgan fingerprint density at radius 1 is 1.00 bits per heavy atom. The average Bonchev–Trinajstić information content (AvgIpc) is 3.18. The van der Waals surface area contributed by atoms with Gasteiger partial charge in [-0.05, 0) is 42.5 Å². The first-order valence-electron chi connectivity index (χ1n) is 8.40. The van der Waals surface area contributed by atoms with Crippen molar-refractivity contribution in [1.29, 1.82) is 0 Å². The second-order valence-corrected chi connectivity index (χ2v) is 6.16. The van der Waals surface area contributed by atoms with Crippen LogP contribution in [0.5, 0.6) is 0 Å². The number of benzene rings is 2.